The van der Waals surface area contributed by atoms with Gasteiger partial charge >= 0.3 is 0 Å². The normalized spacial score (nSPS) is 12.6. The van der Waals surface area contributed by atoms with E-state index in [0.29, 0.717) is 5.69 Å². The lowest BCUT2D eigenvalue weighted by Gasteiger charge is -2.11. The highest BCUT2D eigenvalue weighted by Crippen LogP contribution is 2.22. The van der Waals surface area contributed by atoms with E-state index in [0.717, 1.165) is 5.56 Å². The molecule has 4 heteroatoms. The quantitative estimate of drug-likeness (QED) is 0.740. The first kappa shape index (κ1) is 8.90. The van der Waals surface area contributed by atoms with Gasteiger partial charge in [0.25, 0.3) is 0 Å². The van der Waals surface area contributed by atoms with Crippen molar-refractivity contribution in [1.82, 2.24) is 10.3 Å². The van der Waals surface area contributed by atoms with Gasteiger partial charge in [-0.1, -0.05) is 40.6 Å². The van der Waals surface area contributed by atoms with Gasteiger partial charge < -0.3 is 4.74 Å². The van der Waals surface area contributed by atoms with Crippen LogP contribution in [0.25, 0.3) is 0 Å². The molecule has 0 spiro atoms. The zero-order chi connectivity index (χ0) is 9.80. The van der Waals surface area contributed by atoms with Crippen LogP contribution in [-0.4, -0.2) is 17.4 Å². The largest absolute Gasteiger partial charge is 0.370 e. The van der Waals surface area contributed by atoms with Crippen LogP contribution in [0, 0.1) is 0 Å². The fourth-order valence-corrected chi connectivity index (χ4v) is 1.34. The van der Waals surface area contributed by atoms with Crippen LogP contribution in [0.1, 0.15) is 17.4 Å². The SMILES string of the molecule is COC(c1ccccc1)c1cnon1. The number of hydrogen-bond acceptors (Lipinski definition) is 4. The number of hydrogen-bond donors (Lipinski definition) is 0. The lowest BCUT2D eigenvalue weighted by molar-refractivity contribution is 0.128. The second-order valence-corrected chi connectivity index (χ2v) is 2.86. The molecule has 0 aliphatic carbocycles. The van der Waals surface area contributed by atoms with Gasteiger partial charge in [-0.15, -0.1) is 0 Å². The van der Waals surface area contributed by atoms with E-state index in [-0.39, 0.29) is 6.10 Å². The van der Waals surface area contributed by atoms with E-state index in [9.17, 15) is 0 Å². The molecule has 0 N–H and O–H groups in total. The number of nitrogens with zero attached hydrogens (tertiary/aromatic N) is 2. The van der Waals surface area contributed by atoms with Gasteiger partial charge in [0.05, 0.1) is 6.20 Å². The Labute approximate surface area is 81.5 Å². The summed E-state index contributed by atoms with van der Waals surface area (Å²) in [6.45, 7) is 0. The maximum absolute atomic E-state index is 5.32. The molecule has 0 radical (unpaired) electrons. The van der Waals surface area contributed by atoms with Gasteiger partial charge in [-0.25, -0.2) is 4.63 Å². The highest BCUT2D eigenvalue weighted by atomic mass is 16.6. The van der Waals surface area contributed by atoms with Crippen LogP contribution in [0.2, 0.25) is 0 Å². The molecule has 2 rings (SSSR count). The first-order chi connectivity index (χ1) is 6.92. The highest BCUT2D eigenvalue weighted by Gasteiger charge is 2.16. The minimum absolute atomic E-state index is 0.206. The summed E-state index contributed by atoms with van der Waals surface area (Å²) in [5.74, 6) is 0. The highest BCUT2D eigenvalue weighted by molar-refractivity contribution is 5.23. The molecule has 0 aliphatic rings. The number of benzene rings is 1. The number of aromatic nitrogens is 2. The van der Waals surface area contributed by atoms with Crippen molar-refractivity contribution in [2.75, 3.05) is 7.11 Å². The average Bonchev–Trinajstić information content (AvgIpc) is 2.74. The zero-order valence-corrected chi connectivity index (χ0v) is 7.75. The molecule has 1 heterocycles. The second kappa shape index (κ2) is 4.02. The summed E-state index contributed by atoms with van der Waals surface area (Å²) < 4.78 is 9.86. The molecule has 14 heavy (non-hydrogen) atoms. The van der Waals surface area contributed by atoms with Crippen molar-refractivity contribution in [2.45, 2.75) is 6.10 Å². The molecule has 1 atom stereocenters. The Balaban J connectivity index is 2.31. The number of rotatable bonds is 3. The van der Waals surface area contributed by atoms with E-state index >= 15 is 0 Å². The van der Waals surface area contributed by atoms with E-state index in [4.69, 9.17) is 4.74 Å². The van der Waals surface area contributed by atoms with Gasteiger partial charge in [0.1, 0.15) is 11.8 Å². The molecule has 2 aromatic rings. The third-order valence-corrected chi connectivity index (χ3v) is 1.99. The fraction of sp³-hybridized carbons (Fsp3) is 0.200. The lowest BCUT2D eigenvalue weighted by Crippen LogP contribution is -2.03. The van der Waals surface area contributed by atoms with Gasteiger partial charge in [-0.05, 0) is 5.56 Å². The van der Waals surface area contributed by atoms with Crippen molar-refractivity contribution in [3.63, 3.8) is 0 Å². The molecule has 4 nitrogen and oxygen atoms in total. The Morgan fingerprint density at radius 1 is 1.29 bits per heavy atom. The van der Waals surface area contributed by atoms with Crippen LogP contribution in [0.3, 0.4) is 0 Å². The van der Waals surface area contributed by atoms with Crippen molar-refractivity contribution < 1.29 is 9.37 Å². The standard InChI is InChI=1S/C10H10N2O2/c1-13-10(9-7-11-14-12-9)8-5-3-2-4-6-8/h2-7,10H,1H3. The number of methoxy groups -OCH3 is 1. The molecule has 1 unspecified atom stereocenters. The van der Waals surface area contributed by atoms with Crippen molar-refractivity contribution in [3.05, 3.63) is 47.8 Å². The molecular weight excluding hydrogens is 180 g/mol. The van der Waals surface area contributed by atoms with Crippen molar-refractivity contribution in [2.24, 2.45) is 0 Å². The number of ether oxygens (including phenoxy) is 1. The van der Waals surface area contributed by atoms with Crippen molar-refractivity contribution in [1.29, 1.82) is 0 Å². The monoisotopic (exact) mass is 190 g/mol. The Hall–Kier alpha value is -1.68. The fourth-order valence-electron chi connectivity index (χ4n) is 1.34. The second-order valence-electron chi connectivity index (χ2n) is 2.86. The minimum Gasteiger partial charge on any atom is -0.370 e. The van der Waals surface area contributed by atoms with Gasteiger partial charge in [-0.3, -0.25) is 0 Å². The van der Waals surface area contributed by atoms with Crippen LogP contribution in [0.4, 0.5) is 0 Å². The van der Waals surface area contributed by atoms with Crippen LogP contribution in [-0.2, 0) is 4.74 Å². The lowest BCUT2D eigenvalue weighted by atomic mass is 10.1. The van der Waals surface area contributed by atoms with Crippen molar-refractivity contribution >= 4 is 0 Å². The predicted octanol–water partition coefficient (Wildman–Crippen LogP) is 1.81. The molecule has 1 aromatic heterocycles. The van der Waals surface area contributed by atoms with E-state index in [1.54, 1.807) is 13.3 Å². The van der Waals surface area contributed by atoms with E-state index in [2.05, 4.69) is 14.9 Å². The van der Waals surface area contributed by atoms with Gasteiger partial charge in [0, 0.05) is 7.11 Å². The van der Waals surface area contributed by atoms with Crippen LogP contribution in [0.5, 0.6) is 0 Å². The Morgan fingerprint density at radius 3 is 2.64 bits per heavy atom. The molecular formula is C10H10N2O2. The van der Waals surface area contributed by atoms with E-state index < -0.39 is 0 Å². The average molecular weight is 190 g/mol. The maximum atomic E-state index is 5.32. The summed E-state index contributed by atoms with van der Waals surface area (Å²) in [4.78, 5) is 0. The van der Waals surface area contributed by atoms with Crippen LogP contribution in [0.15, 0.2) is 41.2 Å². The molecule has 0 saturated heterocycles. The molecule has 0 fully saturated rings. The summed E-state index contributed by atoms with van der Waals surface area (Å²) in [6, 6.07) is 9.81. The minimum atomic E-state index is -0.206. The molecule has 72 valence electrons. The van der Waals surface area contributed by atoms with Gasteiger partial charge in [0.2, 0.25) is 0 Å². The summed E-state index contributed by atoms with van der Waals surface area (Å²) in [7, 11) is 1.63. The first-order valence-electron chi connectivity index (χ1n) is 4.27. The molecule has 0 saturated carbocycles. The summed E-state index contributed by atoms with van der Waals surface area (Å²) in [6.07, 6.45) is 1.35. The van der Waals surface area contributed by atoms with E-state index in [1.807, 2.05) is 30.3 Å². The molecule has 0 amide bonds. The topological polar surface area (TPSA) is 48.2 Å². The van der Waals surface area contributed by atoms with Crippen LogP contribution >= 0.6 is 0 Å². The molecule has 0 aliphatic heterocycles. The maximum Gasteiger partial charge on any atom is 0.138 e. The first-order valence-corrected chi connectivity index (χ1v) is 4.27. The zero-order valence-electron chi connectivity index (χ0n) is 7.75. The predicted molar refractivity (Wildman–Crippen MR) is 49.6 cm³/mol. The van der Waals surface area contributed by atoms with Gasteiger partial charge in [-0.2, -0.15) is 0 Å². The summed E-state index contributed by atoms with van der Waals surface area (Å²) in [5, 5.41) is 7.30. The Bertz CT molecular complexity index is 372. The third kappa shape index (κ3) is 1.65. The summed E-state index contributed by atoms with van der Waals surface area (Å²) >= 11 is 0. The molecule has 1 aromatic carbocycles. The van der Waals surface area contributed by atoms with Crippen molar-refractivity contribution in [3.8, 4) is 0 Å². The van der Waals surface area contributed by atoms with E-state index in [1.165, 1.54) is 0 Å². The Morgan fingerprint density at radius 2 is 2.07 bits per heavy atom. The molecule has 0 bridgehead atoms. The van der Waals surface area contributed by atoms with Crippen LogP contribution < -0.4 is 0 Å². The smallest absolute Gasteiger partial charge is 0.138 e. The Kier molecular flexibility index (Phi) is 2.55. The van der Waals surface area contributed by atoms with Gasteiger partial charge in [0.15, 0.2) is 0 Å². The third-order valence-electron chi connectivity index (χ3n) is 1.99. The summed E-state index contributed by atoms with van der Waals surface area (Å²) in [5.41, 5.74) is 1.71.